The molecule has 0 radical (unpaired) electrons. The number of carbonyl (C=O) groups is 1. The summed E-state index contributed by atoms with van der Waals surface area (Å²) in [7, 11) is 1.82. The molecule has 1 aromatic rings. The molecule has 88 valence electrons. The Balaban J connectivity index is 2.83. The Kier molecular flexibility index (Phi) is 4.50. The van der Waals surface area contributed by atoms with Crippen molar-refractivity contribution in [3.63, 3.8) is 0 Å². The number of nitrogens with two attached hydrogens (primary N) is 1. The number of aryl methyl sites for hydroxylation is 2. The first-order chi connectivity index (χ1) is 7.56. The second-order valence-corrected chi connectivity index (χ2v) is 4.19. The Labute approximate surface area is 97.2 Å². The number of benzene rings is 1. The average molecular weight is 220 g/mol. The zero-order chi connectivity index (χ0) is 12.1. The molecule has 1 rings (SSSR count). The zero-order valence-corrected chi connectivity index (χ0v) is 10.3. The smallest absolute Gasteiger partial charge is 0.253 e. The van der Waals surface area contributed by atoms with Gasteiger partial charge in [0, 0.05) is 19.2 Å². The monoisotopic (exact) mass is 220 g/mol. The van der Waals surface area contributed by atoms with Gasteiger partial charge in [-0.2, -0.15) is 0 Å². The highest BCUT2D eigenvalue weighted by Gasteiger charge is 2.13. The third-order valence-corrected chi connectivity index (χ3v) is 2.67. The van der Waals surface area contributed by atoms with Crippen LogP contribution >= 0.6 is 0 Å². The fourth-order valence-electron chi connectivity index (χ4n) is 1.60. The summed E-state index contributed by atoms with van der Waals surface area (Å²) < 4.78 is 0. The van der Waals surface area contributed by atoms with Crippen LogP contribution in [-0.2, 0) is 0 Å². The van der Waals surface area contributed by atoms with E-state index in [4.69, 9.17) is 5.73 Å². The highest BCUT2D eigenvalue weighted by molar-refractivity contribution is 5.95. The van der Waals surface area contributed by atoms with Crippen LogP contribution in [0.15, 0.2) is 18.2 Å². The molecule has 2 N–H and O–H groups in total. The fourth-order valence-corrected chi connectivity index (χ4v) is 1.60. The molecule has 0 aliphatic carbocycles. The summed E-state index contributed by atoms with van der Waals surface area (Å²) >= 11 is 0. The molecule has 0 saturated heterocycles. The molecular formula is C13H20N2O. The van der Waals surface area contributed by atoms with E-state index in [-0.39, 0.29) is 5.91 Å². The van der Waals surface area contributed by atoms with Crippen molar-refractivity contribution in [3.8, 4) is 0 Å². The Bertz CT molecular complexity index is 374. The summed E-state index contributed by atoms with van der Waals surface area (Å²) in [6.45, 7) is 5.28. The van der Waals surface area contributed by atoms with Crippen molar-refractivity contribution in [2.45, 2.75) is 20.3 Å². The average Bonchev–Trinajstić information content (AvgIpc) is 2.28. The van der Waals surface area contributed by atoms with Crippen LogP contribution in [0.5, 0.6) is 0 Å². The summed E-state index contributed by atoms with van der Waals surface area (Å²) in [5.74, 6) is 0.0784. The van der Waals surface area contributed by atoms with E-state index in [1.54, 1.807) is 4.90 Å². The number of rotatable bonds is 4. The molecule has 0 saturated carbocycles. The van der Waals surface area contributed by atoms with Crippen molar-refractivity contribution < 1.29 is 4.79 Å². The van der Waals surface area contributed by atoms with E-state index in [2.05, 4.69) is 0 Å². The van der Waals surface area contributed by atoms with Gasteiger partial charge in [-0.25, -0.2) is 0 Å². The molecule has 16 heavy (non-hydrogen) atoms. The van der Waals surface area contributed by atoms with Crippen molar-refractivity contribution >= 4 is 5.91 Å². The van der Waals surface area contributed by atoms with E-state index >= 15 is 0 Å². The molecule has 1 amide bonds. The molecule has 0 heterocycles. The Morgan fingerprint density at radius 1 is 1.38 bits per heavy atom. The lowest BCUT2D eigenvalue weighted by Crippen LogP contribution is -2.29. The number of hydrogen-bond acceptors (Lipinski definition) is 2. The lowest BCUT2D eigenvalue weighted by Gasteiger charge is -2.18. The minimum Gasteiger partial charge on any atom is -0.342 e. The van der Waals surface area contributed by atoms with Gasteiger partial charge >= 0.3 is 0 Å². The first-order valence-electron chi connectivity index (χ1n) is 5.59. The second-order valence-electron chi connectivity index (χ2n) is 4.19. The SMILES string of the molecule is Cc1ccc(C)c(C(=O)N(C)CCCN)c1. The fraction of sp³-hybridized carbons (Fsp3) is 0.462. The van der Waals surface area contributed by atoms with Crippen LogP contribution in [0.4, 0.5) is 0 Å². The van der Waals surface area contributed by atoms with Crippen LogP contribution in [0, 0.1) is 13.8 Å². The van der Waals surface area contributed by atoms with Crippen LogP contribution in [0.3, 0.4) is 0 Å². The highest BCUT2D eigenvalue weighted by Crippen LogP contribution is 2.12. The molecule has 0 aliphatic rings. The maximum Gasteiger partial charge on any atom is 0.253 e. The Morgan fingerprint density at radius 3 is 2.69 bits per heavy atom. The van der Waals surface area contributed by atoms with Gasteiger partial charge in [-0.1, -0.05) is 17.7 Å². The summed E-state index contributed by atoms with van der Waals surface area (Å²) in [5.41, 5.74) is 8.36. The van der Waals surface area contributed by atoms with Crippen LogP contribution in [-0.4, -0.2) is 30.9 Å². The molecular weight excluding hydrogens is 200 g/mol. The molecule has 0 aliphatic heterocycles. The van der Waals surface area contributed by atoms with E-state index in [0.29, 0.717) is 13.1 Å². The number of nitrogens with zero attached hydrogens (tertiary/aromatic N) is 1. The third-order valence-electron chi connectivity index (χ3n) is 2.67. The van der Waals surface area contributed by atoms with Crippen molar-refractivity contribution in [1.29, 1.82) is 0 Å². The number of carbonyl (C=O) groups excluding carboxylic acids is 1. The highest BCUT2D eigenvalue weighted by atomic mass is 16.2. The lowest BCUT2D eigenvalue weighted by atomic mass is 10.0. The second kappa shape index (κ2) is 5.66. The molecule has 0 bridgehead atoms. The predicted molar refractivity (Wildman–Crippen MR) is 66.5 cm³/mol. The molecule has 0 atom stereocenters. The quantitative estimate of drug-likeness (QED) is 0.840. The molecule has 1 aromatic carbocycles. The van der Waals surface area contributed by atoms with E-state index in [1.165, 1.54) is 0 Å². The summed E-state index contributed by atoms with van der Waals surface area (Å²) in [6, 6.07) is 5.95. The predicted octanol–water partition coefficient (Wildman–Crippen LogP) is 1.72. The maximum absolute atomic E-state index is 12.1. The van der Waals surface area contributed by atoms with Gasteiger partial charge in [0.25, 0.3) is 5.91 Å². The number of hydrogen-bond donors (Lipinski definition) is 1. The van der Waals surface area contributed by atoms with Crippen molar-refractivity contribution in [1.82, 2.24) is 4.90 Å². The van der Waals surface area contributed by atoms with Gasteiger partial charge in [0.2, 0.25) is 0 Å². The first kappa shape index (κ1) is 12.7. The van der Waals surface area contributed by atoms with E-state index in [1.807, 2.05) is 39.1 Å². The molecule has 0 unspecified atom stereocenters. The van der Waals surface area contributed by atoms with E-state index in [0.717, 1.165) is 23.1 Å². The Morgan fingerprint density at radius 2 is 2.06 bits per heavy atom. The molecule has 3 heteroatoms. The minimum atomic E-state index is 0.0784. The van der Waals surface area contributed by atoms with Crippen LogP contribution in [0.2, 0.25) is 0 Å². The zero-order valence-electron chi connectivity index (χ0n) is 10.3. The lowest BCUT2D eigenvalue weighted by molar-refractivity contribution is 0.0793. The molecule has 0 spiro atoms. The van der Waals surface area contributed by atoms with Crippen LogP contribution < -0.4 is 5.73 Å². The van der Waals surface area contributed by atoms with Gasteiger partial charge in [0.15, 0.2) is 0 Å². The molecule has 0 fully saturated rings. The number of amides is 1. The van der Waals surface area contributed by atoms with Gasteiger partial charge < -0.3 is 10.6 Å². The van der Waals surface area contributed by atoms with Crippen molar-refractivity contribution in [3.05, 3.63) is 34.9 Å². The summed E-state index contributed by atoms with van der Waals surface area (Å²) in [5, 5.41) is 0. The van der Waals surface area contributed by atoms with Gasteiger partial charge in [0.1, 0.15) is 0 Å². The standard InChI is InChI=1S/C13H20N2O/c1-10-5-6-11(2)12(9-10)13(16)15(3)8-4-7-14/h5-6,9H,4,7-8,14H2,1-3H3. The van der Waals surface area contributed by atoms with Gasteiger partial charge in [-0.15, -0.1) is 0 Å². The maximum atomic E-state index is 12.1. The summed E-state index contributed by atoms with van der Waals surface area (Å²) in [6.07, 6.45) is 0.840. The van der Waals surface area contributed by atoms with Gasteiger partial charge in [-0.3, -0.25) is 4.79 Å². The third kappa shape index (κ3) is 3.07. The summed E-state index contributed by atoms with van der Waals surface area (Å²) in [4.78, 5) is 13.8. The van der Waals surface area contributed by atoms with Crippen LogP contribution in [0.25, 0.3) is 0 Å². The van der Waals surface area contributed by atoms with E-state index < -0.39 is 0 Å². The van der Waals surface area contributed by atoms with Gasteiger partial charge in [-0.05, 0) is 38.4 Å². The van der Waals surface area contributed by atoms with Gasteiger partial charge in [0.05, 0.1) is 0 Å². The molecule has 3 nitrogen and oxygen atoms in total. The normalized spacial score (nSPS) is 10.2. The molecule has 0 aromatic heterocycles. The van der Waals surface area contributed by atoms with Crippen molar-refractivity contribution in [2.75, 3.05) is 20.1 Å². The Hall–Kier alpha value is -1.35. The first-order valence-corrected chi connectivity index (χ1v) is 5.59. The van der Waals surface area contributed by atoms with E-state index in [9.17, 15) is 4.79 Å². The largest absolute Gasteiger partial charge is 0.342 e. The van der Waals surface area contributed by atoms with Crippen molar-refractivity contribution in [2.24, 2.45) is 5.73 Å². The topological polar surface area (TPSA) is 46.3 Å². The minimum absolute atomic E-state index is 0.0784. The van der Waals surface area contributed by atoms with Crippen LogP contribution in [0.1, 0.15) is 27.9 Å².